The first-order chi connectivity index (χ1) is 34.2. The van der Waals surface area contributed by atoms with Gasteiger partial charge < -0.3 is 48.3 Å². The molecule has 2 N–H and O–H groups in total. The third-order valence-electron chi connectivity index (χ3n) is 15.5. The van der Waals surface area contributed by atoms with Gasteiger partial charge in [-0.2, -0.15) is 0 Å². The molecule has 1 aliphatic carbocycles. The predicted octanol–water partition coefficient (Wildman–Crippen LogP) is 7.16. The number of carbonyl (C=O) groups is 6. The maximum absolute atomic E-state index is 14.5. The van der Waals surface area contributed by atoms with E-state index in [0.29, 0.717) is 82.8 Å². The highest BCUT2D eigenvalue weighted by molar-refractivity contribution is 6.39. The van der Waals surface area contributed by atoms with Crippen molar-refractivity contribution in [3.63, 3.8) is 0 Å². The molecule has 72 heavy (non-hydrogen) atoms. The van der Waals surface area contributed by atoms with Crippen molar-refractivity contribution >= 4 is 35.2 Å². The van der Waals surface area contributed by atoms with Gasteiger partial charge in [0.15, 0.2) is 5.78 Å². The van der Waals surface area contributed by atoms with Crippen LogP contribution in [0.15, 0.2) is 47.6 Å². The summed E-state index contributed by atoms with van der Waals surface area (Å²) in [7, 11) is 6.11. The van der Waals surface area contributed by atoms with Crippen LogP contribution >= 0.6 is 0 Å². The molecule has 406 valence electrons. The van der Waals surface area contributed by atoms with Gasteiger partial charge in [-0.3, -0.25) is 24.0 Å². The van der Waals surface area contributed by atoms with Gasteiger partial charge in [-0.25, -0.2) is 4.79 Å². The molecule has 1 amide bonds. The number of piperidine rings is 1. The van der Waals surface area contributed by atoms with Crippen LogP contribution in [0.25, 0.3) is 0 Å². The van der Waals surface area contributed by atoms with Crippen molar-refractivity contribution in [2.75, 3.05) is 41.6 Å². The van der Waals surface area contributed by atoms with Gasteiger partial charge in [0.1, 0.15) is 36.2 Å². The Balaban J connectivity index is 1.68. The van der Waals surface area contributed by atoms with E-state index < -0.39 is 83.9 Å². The molecule has 16 nitrogen and oxygen atoms in total. The molecule has 4 rings (SSSR count). The fourth-order valence-electron chi connectivity index (χ4n) is 10.8. The average Bonchev–Trinajstić information content (AvgIpc) is 3.35. The maximum atomic E-state index is 14.5. The van der Waals surface area contributed by atoms with E-state index >= 15 is 0 Å². The second-order valence-corrected chi connectivity index (χ2v) is 21.1. The van der Waals surface area contributed by atoms with E-state index in [1.807, 2.05) is 58.1 Å². The number of aliphatic hydroxyl groups excluding tert-OH is 1. The molecule has 16 heteroatoms. The Morgan fingerprint density at radius 1 is 0.861 bits per heavy atom. The van der Waals surface area contributed by atoms with Crippen molar-refractivity contribution in [3.8, 4) is 0 Å². The van der Waals surface area contributed by atoms with Crippen molar-refractivity contribution < 1.29 is 72.1 Å². The predicted molar refractivity (Wildman–Crippen MR) is 270 cm³/mol. The fourth-order valence-corrected chi connectivity index (χ4v) is 10.8. The van der Waals surface area contributed by atoms with Crippen molar-refractivity contribution in [3.05, 3.63) is 47.6 Å². The number of cyclic esters (lactones) is 1. The van der Waals surface area contributed by atoms with Crippen molar-refractivity contribution in [1.82, 2.24) is 4.90 Å². The van der Waals surface area contributed by atoms with Gasteiger partial charge in [0.05, 0.1) is 18.3 Å². The highest BCUT2D eigenvalue weighted by Gasteiger charge is 2.53. The fraction of sp³-hybridized carbons (Fsp3) is 0.750. The first-order valence-electron chi connectivity index (χ1n) is 26.4. The quantitative estimate of drug-likeness (QED) is 0.0911. The van der Waals surface area contributed by atoms with Gasteiger partial charge in [0.2, 0.25) is 5.79 Å². The van der Waals surface area contributed by atoms with Crippen molar-refractivity contribution in [1.29, 1.82) is 0 Å². The van der Waals surface area contributed by atoms with Crippen LogP contribution < -0.4 is 0 Å². The first kappa shape index (κ1) is 60.7. The zero-order valence-electron chi connectivity index (χ0n) is 45.0. The minimum Gasteiger partial charge on any atom is -0.460 e. The monoisotopic (exact) mass is 1010 g/mol. The zero-order valence-corrected chi connectivity index (χ0v) is 45.0. The van der Waals surface area contributed by atoms with Gasteiger partial charge in [0.25, 0.3) is 11.7 Å². The smallest absolute Gasteiger partial charge is 0.329 e. The van der Waals surface area contributed by atoms with E-state index in [-0.39, 0.29) is 67.2 Å². The number of hydrogen-bond donors (Lipinski definition) is 2. The number of hydrogen-bond acceptors (Lipinski definition) is 15. The van der Waals surface area contributed by atoms with E-state index in [1.165, 1.54) is 12.0 Å². The summed E-state index contributed by atoms with van der Waals surface area (Å²) in [5.41, 5.74) is 1.25. The normalized spacial score (nSPS) is 37.5. The highest BCUT2D eigenvalue weighted by atomic mass is 16.6. The molecule has 15 atom stereocenters. The topological polar surface area (TPSA) is 211 Å². The third kappa shape index (κ3) is 16.8. The molecule has 2 bridgehead atoms. The standard InChI is InChI=1S/C56H87NO15/c1-34-18-13-12-14-19-35(2)46(67-9)32-42-24-22-40(7)56(65,72-42)53(62)54(63)57-26-16-15-20-43(57)55(64)71-47(33-44(58)36(3)29-39(6)51(61)52(69-11)50(60)38(5)28-34)37(4)30-41-23-25-45(48(31-41)68-10)70-49(59)21-17-27-66-8/h12-14,18-19,29,34,36-38,40-43,45-48,51-52,61,65H,15-17,20-28,30-33H2,1-11H3/b14-12+,18-13+,35-19+,39-29+/t34-,36-,37-,38-,40-,41+,42+,43+,45-,46+,47+,48-,51-,52+,56-/m1/s1. The molecule has 0 aromatic carbocycles. The summed E-state index contributed by atoms with van der Waals surface area (Å²) in [6, 6.07) is -1.17. The SMILES string of the molecule is COCCCC(=O)O[C@@H]1CC[C@@H](C[C@@H](C)[C@@H]2CC(=O)[C@H](C)/C=C(\C)[C@@H](O)[C@@H](OC)C(=O)[C@H](C)C[C@H](C)/C=C/C=C/C=C(\C)[C@@H](OC)C[C@@H]3CC[C@@H](C)[C@@](O)(O3)C(=O)C(=O)N3CCCC[C@H]3C(=O)O2)C[C@H]1OC. The second kappa shape index (κ2) is 29.3. The van der Waals surface area contributed by atoms with Crippen LogP contribution in [-0.4, -0.2) is 146 Å². The molecule has 0 aromatic rings. The van der Waals surface area contributed by atoms with Gasteiger partial charge in [-0.05, 0) is 113 Å². The highest BCUT2D eigenvalue weighted by Crippen LogP contribution is 2.38. The lowest BCUT2D eigenvalue weighted by molar-refractivity contribution is -0.265. The summed E-state index contributed by atoms with van der Waals surface area (Å²) in [5, 5.41) is 23.5. The summed E-state index contributed by atoms with van der Waals surface area (Å²) >= 11 is 0. The van der Waals surface area contributed by atoms with Crippen LogP contribution in [0.5, 0.6) is 0 Å². The van der Waals surface area contributed by atoms with Crippen LogP contribution in [0.4, 0.5) is 0 Å². The number of Topliss-reactive ketones (excluding diaryl/α,β-unsaturated/α-hetero) is 3. The summed E-state index contributed by atoms with van der Waals surface area (Å²) in [5.74, 6) is -8.55. The number of ether oxygens (including phenoxy) is 7. The number of methoxy groups -OCH3 is 4. The number of aliphatic hydroxyl groups is 2. The van der Waals surface area contributed by atoms with E-state index in [0.717, 1.165) is 5.57 Å². The lowest BCUT2D eigenvalue weighted by Crippen LogP contribution is -2.61. The number of esters is 2. The first-order valence-corrected chi connectivity index (χ1v) is 26.4. The number of rotatable bonds is 11. The molecule has 0 spiro atoms. The molecule has 2 saturated heterocycles. The lowest BCUT2D eigenvalue weighted by Gasteiger charge is -2.42. The van der Waals surface area contributed by atoms with Gasteiger partial charge in [-0.1, -0.05) is 71.1 Å². The molecule has 0 unspecified atom stereocenters. The minimum absolute atomic E-state index is 0.00669. The van der Waals surface area contributed by atoms with Crippen molar-refractivity contribution in [2.45, 2.75) is 193 Å². The Bertz CT molecular complexity index is 1940. The number of carbonyl (C=O) groups excluding carboxylic acids is 6. The molecule has 4 aliphatic rings. The summed E-state index contributed by atoms with van der Waals surface area (Å²) in [6.07, 6.45) is 11.7. The Morgan fingerprint density at radius 2 is 1.60 bits per heavy atom. The molecular weight excluding hydrogens is 927 g/mol. The number of ketones is 3. The largest absolute Gasteiger partial charge is 0.460 e. The van der Waals surface area contributed by atoms with E-state index in [1.54, 1.807) is 48.2 Å². The number of nitrogens with zero attached hydrogens (tertiary/aromatic N) is 1. The van der Waals surface area contributed by atoms with Crippen LogP contribution in [-0.2, 0) is 61.9 Å². The Morgan fingerprint density at radius 3 is 2.28 bits per heavy atom. The van der Waals surface area contributed by atoms with Crippen LogP contribution in [0, 0.1) is 35.5 Å². The van der Waals surface area contributed by atoms with E-state index in [4.69, 9.17) is 33.2 Å². The molecule has 3 fully saturated rings. The number of allylic oxidation sites excluding steroid dienone is 6. The van der Waals surface area contributed by atoms with Gasteiger partial charge >= 0.3 is 11.9 Å². The van der Waals surface area contributed by atoms with Crippen LogP contribution in [0.1, 0.15) is 138 Å². The molecule has 0 aromatic heterocycles. The maximum Gasteiger partial charge on any atom is 0.329 e. The lowest BCUT2D eigenvalue weighted by atomic mass is 9.78. The zero-order chi connectivity index (χ0) is 53.3. The molecule has 1 saturated carbocycles. The molecule has 0 radical (unpaired) electrons. The molecule has 3 heterocycles. The number of amides is 1. The summed E-state index contributed by atoms with van der Waals surface area (Å²) in [4.78, 5) is 85.0. The molecular formula is C56H87NO15. The summed E-state index contributed by atoms with van der Waals surface area (Å²) in [6.45, 7) is 13.1. The van der Waals surface area contributed by atoms with Crippen LogP contribution in [0.3, 0.4) is 0 Å². The van der Waals surface area contributed by atoms with Crippen molar-refractivity contribution in [2.24, 2.45) is 35.5 Å². The average molecular weight is 1010 g/mol. The van der Waals surface area contributed by atoms with E-state index in [2.05, 4.69) is 0 Å². The Kier molecular flexibility index (Phi) is 24.6. The Hall–Kier alpha value is -3.90. The molecule has 3 aliphatic heterocycles. The van der Waals surface area contributed by atoms with Gasteiger partial charge in [-0.15, -0.1) is 0 Å². The number of fused-ring (bicyclic) bond motifs is 3. The van der Waals surface area contributed by atoms with Gasteiger partial charge in [0, 0.05) is 78.6 Å². The third-order valence-corrected chi connectivity index (χ3v) is 15.5. The van der Waals surface area contributed by atoms with E-state index in [9.17, 15) is 39.0 Å². The van der Waals surface area contributed by atoms with Crippen LogP contribution in [0.2, 0.25) is 0 Å². The second-order valence-electron chi connectivity index (χ2n) is 21.1. The summed E-state index contributed by atoms with van der Waals surface area (Å²) < 4.78 is 40.7. The minimum atomic E-state index is -2.45. The Labute approximate surface area is 428 Å².